The van der Waals surface area contributed by atoms with Crippen LogP contribution in [0.1, 0.15) is 79.1 Å². The van der Waals surface area contributed by atoms with Crippen molar-refractivity contribution >= 4 is 11.9 Å². The van der Waals surface area contributed by atoms with Gasteiger partial charge in [-0.05, 0) is 27.2 Å². The van der Waals surface area contributed by atoms with E-state index in [1.165, 1.54) is 32.1 Å². The van der Waals surface area contributed by atoms with Gasteiger partial charge in [0.15, 0.2) is 0 Å². The van der Waals surface area contributed by atoms with Gasteiger partial charge in [0, 0.05) is 6.42 Å². The van der Waals surface area contributed by atoms with E-state index in [0.717, 1.165) is 12.8 Å². The number of rotatable bonds is 8. The molecule has 0 aromatic heterocycles. The molecule has 4 heteroatoms. The smallest absolute Gasteiger partial charge is 0.308 e. The van der Waals surface area contributed by atoms with E-state index in [1.807, 2.05) is 0 Å². The Labute approximate surface area is 117 Å². The Balaban J connectivity index is 0. The Morgan fingerprint density at radius 1 is 0.842 bits per heavy atom. The van der Waals surface area contributed by atoms with Crippen LogP contribution in [0.3, 0.4) is 0 Å². The summed E-state index contributed by atoms with van der Waals surface area (Å²) in [5, 5.41) is 16.6. The number of unbranched alkanes of at least 4 members (excludes halogenated alkanes) is 6. The van der Waals surface area contributed by atoms with E-state index in [2.05, 4.69) is 6.92 Å². The first-order valence-corrected chi connectivity index (χ1v) is 7.17. The summed E-state index contributed by atoms with van der Waals surface area (Å²) in [6.07, 6.45) is 8.64. The Bertz CT molecular complexity index is 241. The fourth-order valence-corrected chi connectivity index (χ4v) is 1.23. The Morgan fingerprint density at radius 2 is 1.21 bits per heavy atom. The fourth-order valence-electron chi connectivity index (χ4n) is 1.23. The number of carboxylic acids is 2. The van der Waals surface area contributed by atoms with Crippen molar-refractivity contribution in [3.05, 3.63) is 0 Å². The first kappa shape index (κ1) is 20.3. The van der Waals surface area contributed by atoms with Crippen LogP contribution in [0.15, 0.2) is 0 Å². The molecule has 4 nitrogen and oxygen atoms in total. The summed E-state index contributed by atoms with van der Waals surface area (Å²) in [7, 11) is 0. The van der Waals surface area contributed by atoms with E-state index in [1.54, 1.807) is 20.8 Å². The van der Waals surface area contributed by atoms with E-state index in [4.69, 9.17) is 10.2 Å². The van der Waals surface area contributed by atoms with Gasteiger partial charge in [0.2, 0.25) is 0 Å². The largest absolute Gasteiger partial charge is 0.481 e. The standard InChI is InChI=1S/C10H20O2.C5H10O2/c1-2-3-4-5-6-7-8-9-10(11)12;1-5(2,3)4(6)7/h2-9H2,1H3,(H,11,12);1-3H3,(H,6,7). The van der Waals surface area contributed by atoms with Crippen LogP contribution in [0.2, 0.25) is 0 Å². The number of hydrogen-bond donors (Lipinski definition) is 2. The maximum Gasteiger partial charge on any atom is 0.308 e. The molecule has 0 fully saturated rings. The zero-order chi connectivity index (χ0) is 15.3. The Morgan fingerprint density at radius 3 is 1.53 bits per heavy atom. The van der Waals surface area contributed by atoms with E-state index in [-0.39, 0.29) is 0 Å². The number of carbonyl (C=O) groups is 2. The molecule has 0 amide bonds. The van der Waals surface area contributed by atoms with Crippen molar-refractivity contribution in [2.24, 2.45) is 5.41 Å². The van der Waals surface area contributed by atoms with Gasteiger partial charge in [0.25, 0.3) is 0 Å². The lowest BCUT2D eigenvalue weighted by atomic mass is 9.98. The molecule has 0 aliphatic heterocycles. The molecular weight excluding hydrogens is 244 g/mol. The van der Waals surface area contributed by atoms with Crippen molar-refractivity contribution in [3.63, 3.8) is 0 Å². The van der Waals surface area contributed by atoms with Crippen molar-refractivity contribution in [1.29, 1.82) is 0 Å². The van der Waals surface area contributed by atoms with Gasteiger partial charge in [-0.1, -0.05) is 45.4 Å². The molecule has 19 heavy (non-hydrogen) atoms. The minimum Gasteiger partial charge on any atom is -0.481 e. The predicted octanol–water partition coefficient (Wildman–Crippen LogP) is 4.33. The molecule has 0 atom stereocenters. The molecule has 0 saturated carbocycles. The van der Waals surface area contributed by atoms with Crippen LogP contribution in [0.25, 0.3) is 0 Å². The zero-order valence-electron chi connectivity index (χ0n) is 12.9. The van der Waals surface area contributed by atoms with Crippen molar-refractivity contribution in [3.8, 4) is 0 Å². The summed E-state index contributed by atoms with van der Waals surface area (Å²) < 4.78 is 0. The maximum absolute atomic E-state index is 10.1. The molecule has 0 unspecified atom stereocenters. The molecule has 0 saturated heterocycles. The van der Waals surface area contributed by atoms with E-state index >= 15 is 0 Å². The van der Waals surface area contributed by atoms with Crippen molar-refractivity contribution in [2.45, 2.75) is 79.1 Å². The van der Waals surface area contributed by atoms with Gasteiger partial charge in [-0.3, -0.25) is 9.59 Å². The molecule has 0 bridgehead atoms. The lowest BCUT2D eigenvalue weighted by Gasteiger charge is -2.08. The molecule has 0 heterocycles. The molecule has 0 radical (unpaired) electrons. The number of aliphatic carboxylic acids is 2. The van der Waals surface area contributed by atoms with Crippen molar-refractivity contribution in [1.82, 2.24) is 0 Å². The summed E-state index contributed by atoms with van der Waals surface area (Å²) in [6, 6.07) is 0. The van der Waals surface area contributed by atoms with Gasteiger partial charge in [-0.15, -0.1) is 0 Å². The molecule has 0 spiro atoms. The molecule has 2 N–H and O–H groups in total. The van der Waals surface area contributed by atoms with Crippen LogP contribution in [0, 0.1) is 5.41 Å². The molecule has 0 aliphatic rings. The van der Waals surface area contributed by atoms with E-state index < -0.39 is 17.4 Å². The molecule has 0 rings (SSSR count). The molecule has 0 aromatic carbocycles. The van der Waals surface area contributed by atoms with E-state index in [0.29, 0.717) is 6.42 Å². The third-order valence-electron chi connectivity index (χ3n) is 2.64. The van der Waals surface area contributed by atoms with Crippen LogP contribution >= 0.6 is 0 Å². The lowest BCUT2D eigenvalue weighted by molar-refractivity contribution is -0.145. The molecular formula is C15H30O4. The van der Waals surface area contributed by atoms with Gasteiger partial charge in [-0.2, -0.15) is 0 Å². The second-order valence-electron chi connectivity index (χ2n) is 5.82. The topological polar surface area (TPSA) is 74.6 Å². The minimum absolute atomic E-state index is 0.341. The molecule has 0 aliphatic carbocycles. The highest BCUT2D eigenvalue weighted by molar-refractivity contribution is 5.72. The maximum atomic E-state index is 10.1. The van der Waals surface area contributed by atoms with Crippen LogP contribution < -0.4 is 0 Å². The Hall–Kier alpha value is -1.06. The van der Waals surface area contributed by atoms with Gasteiger partial charge < -0.3 is 10.2 Å². The SMILES string of the molecule is CC(C)(C)C(=O)O.CCCCCCCCCC(=O)O. The highest BCUT2D eigenvalue weighted by atomic mass is 16.4. The van der Waals surface area contributed by atoms with Gasteiger partial charge in [0.1, 0.15) is 0 Å². The van der Waals surface area contributed by atoms with Crippen LogP contribution in [-0.2, 0) is 9.59 Å². The summed E-state index contributed by atoms with van der Waals surface area (Å²) in [5.41, 5.74) is -0.583. The first-order valence-electron chi connectivity index (χ1n) is 7.17. The summed E-state index contributed by atoms with van der Waals surface area (Å²) in [5.74, 6) is -1.42. The summed E-state index contributed by atoms with van der Waals surface area (Å²) in [6.45, 7) is 7.18. The molecule has 114 valence electrons. The van der Waals surface area contributed by atoms with Crippen molar-refractivity contribution in [2.75, 3.05) is 0 Å². The third kappa shape index (κ3) is 19.5. The minimum atomic E-state index is -0.757. The van der Waals surface area contributed by atoms with Crippen molar-refractivity contribution < 1.29 is 19.8 Å². The normalized spacial score (nSPS) is 10.5. The predicted molar refractivity (Wildman–Crippen MR) is 77.3 cm³/mol. The van der Waals surface area contributed by atoms with Crippen LogP contribution in [-0.4, -0.2) is 22.2 Å². The fraction of sp³-hybridized carbons (Fsp3) is 0.867. The lowest BCUT2D eigenvalue weighted by Crippen LogP contribution is -2.18. The highest BCUT2D eigenvalue weighted by Gasteiger charge is 2.18. The third-order valence-corrected chi connectivity index (χ3v) is 2.64. The van der Waals surface area contributed by atoms with Gasteiger partial charge in [-0.25, -0.2) is 0 Å². The van der Waals surface area contributed by atoms with Gasteiger partial charge in [0.05, 0.1) is 5.41 Å². The average molecular weight is 274 g/mol. The Kier molecular flexibility index (Phi) is 12.8. The summed E-state index contributed by atoms with van der Waals surface area (Å²) in [4.78, 5) is 20.2. The number of carboxylic acid groups (broad SMARTS) is 2. The van der Waals surface area contributed by atoms with Crippen LogP contribution in [0.5, 0.6) is 0 Å². The second-order valence-corrected chi connectivity index (χ2v) is 5.82. The first-order chi connectivity index (χ1) is 8.71. The van der Waals surface area contributed by atoms with E-state index in [9.17, 15) is 9.59 Å². The highest BCUT2D eigenvalue weighted by Crippen LogP contribution is 2.11. The monoisotopic (exact) mass is 274 g/mol. The second kappa shape index (κ2) is 12.0. The van der Waals surface area contributed by atoms with Gasteiger partial charge >= 0.3 is 11.9 Å². The summed E-state index contributed by atoms with van der Waals surface area (Å²) >= 11 is 0. The number of hydrogen-bond acceptors (Lipinski definition) is 2. The van der Waals surface area contributed by atoms with Crippen LogP contribution in [0.4, 0.5) is 0 Å². The quantitative estimate of drug-likeness (QED) is 0.646. The average Bonchev–Trinajstić information content (AvgIpc) is 2.27. The molecule has 0 aromatic rings. The zero-order valence-corrected chi connectivity index (χ0v) is 12.9.